The third kappa shape index (κ3) is 4.42. The summed E-state index contributed by atoms with van der Waals surface area (Å²) < 4.78 is 0. The minimum Gasteiger partial charge on any atom is -0.370 e. The number of hydrogen-bond donors (Lipinski definition) is 3. The van der Waals surface area contributed by atoms with Crippen molar-refractivity contribution in [2.75, 3.05) is 26.2 Å². The van der Waals surface area contributed by atoms with E-state index in [2.05, 4.69) is 10.2 Å². The topological polar surface area (TPSA) is 98.3 Å². The van der Waals surface area contributed by atoms with E-state index in [1.165, 1.54) is 0 Å². The zero-order chi connectivity index (χ0) is 20.5. The fraction of sp³-hybridized carbons (Fsp3) is 0.476. The highest BCUT2D eigenvalue weighted by atomic mass is 16.1. The van der Waals surface area contributed by atoms with Crippen molar-refractivity contribution in [2.45, 2.75) is 39.8 Å². The summed E-state index contributed by atoms with van der Waals surface area (Å²) in [5.41, 5.74) is 8.68. The second-order valence-corrected chi connectivity index (χ2v) is 8.42. The largest absolute Gasteiger partial charge is 0.370 e. The third-order valence-corrected chi connectivity index (χ3v) is 5.01. The van der Waals surface area contributed by atoms with Crippen LogP contribution in [0.4, 0.5) is 0 Å². The van der Waals surface area contributed by atoms with E-state index < -0.39 is 0 Å². The summed E-state index contributed by atoms with van der Waals surface area (Å²) in [6, 6.07) is 7.81. The summed E-state index contributed by atoms with van der Waals surface area (Å²) in [5.74, 6) is 0.0556. The average molecular weight is 383 g/mol. The summed E-state index contributed by atoms with van der Waals surface area (Å²) in [4.78, 5) is 22.1. The van der Waals surface area contributed by atoms with Gasteiger partial charge in [0.2, 0.25) is 0 Å². The van der Waals surface area contributed by atoms with E-state index in [0.29, 0.717) is 12.1 Å². The number of carbonyl (C=O) groups is 1. The van der Waals surface area contributed by atoms with Crippen molar-refractivity contribution < 1.29 is 4.79 Å². The average Bonchev–Trinajstić information content (AvgIpc) is 2.61. The molecule has 2 heterocycles. The molecular weight excluding hydrogens is 352 g/mol. The molecule has 1 amide bonds. The van der Waals surface area contributed by atoms with Gasteiger partial charge < -0.3 is 16.0 Å². The minimum absolute atomic E-state index is 0.0634. The number of benzene rings is 1. The SMILES string of the molecule is Cc1nc2ccccc2c(C(=O)NC(C)(C)C)c1CN1CCN(C(=N)N)CC1. The molecule has 0 unspecified atom stereocenters. The van der Waals surface area contributed by atoms with Crippen LogP contribution >= 0.6 is 0 Å². The number of pyridine rings is 1. The van der Waals surface area contributed by atoms with Crippen LogP contribution in [0.1, 0.15) is 42.4 Å². The molecule has 7 nitrogen and oxygen atoms in total. The number of hydrogen-bond acceptors (Lipinski definition) is 4. The maximum Gasteiger partial charge on any atom is 0.252 e. The maximum atomic E-state index is 13.2. The summed E-state index contributed by atoms with van der Waals surface area (Å²) in [6.07, 6.45) is 0. The molecule has 1 aromatic carbocycles. The zero-order valence-corrected chi connectivity index (χ0v) is 17.2. The van der Waals surface area contributed by atoms with E-state index in [9.17, 15) is 4.79 Å². The number of piperazine rings is 1. The molecule has 7 heteroatoms. The van der Waals surface area contributed by atoms with Gasteiger partial charge in [0.1, 0.15) is 0 Å². The second-order valence-electron chi connectivity index (χ2n) is 8.42. The molecule has 28 heavy (non-hydrogen) atoms. The highest BCUT2D eigenvalue weighted by Gasteiger charge is 2.25. The number of nitrogens with two attached hydrogens (primary N) is 1. The van der Waals surface area contributed by atoms with Gasteiger partial charge in [-0.15, -0.1) is 0 Å². The molecule has 1 aromatic heterocycles. The Hall–Kier alpha value is -2.67. The second kappa shape index (κ2) is 7.75. The number of amides is 1. The Kier molecular flexibility index (Phi) is 5.56. The lowest BCUT2D eigenvalue weighted by atomic mass is 9.97. The first-order valence-corrected chi connectivity index (χ1v) is 9.68. The first-order valence-electron chi connectivity index (χ1n) is 9.68. The van der Waals surface area contributed by atoms with Crippen LogP contribution in [0.2, 0.25) is 0 Å². The number of aryl methyl sites for hydroxylation is 1. The Morgan fingerprint density at radius 1 is 1.21 bits per heavy atom. The van der Waals surface area contributed by atoms with Gasteiger partial charge in [0.05, 0.1) is 11.1 Å². The van der Waals surface area contributed by atoms with Crippen LogP contribution in [0.3, 0.4) is 0 Å². The van der Waals surface area contributed by atoms with E-state index in [0.717, 1.165) is 48.3 Å². The molecule has 1 saturated heterocycles. The molecular formula is C21H30N6O. The summed E-state index contributed by atoms with van der Waals surface area (Å²) in [5, 5.41) is 11.6. The van der Waals surface area contributed by atoms with E-state index in [1.807, 2.05) is 56.9 Å². The van der Waals surface area contributed by atoms with E-state index >= 15 is 0 Å². The lowest BCUT2D eigenvalue weighted by Crippen LogP contribution is -2.50. The third-order valence-electron chi connectivity index (χ3n) is 5.01. The van der Waals surface area contributed by atoms with Crippen molar-refractivity contribution in [3.63, 3.8) is 0 Å². The highest BCUT2D eigenvalue weighted by molar-refractivity contribution is 6.07. The number of nitrogens with zero attached hydrogens (tertiary/aromatic N) is 3. The molecule has 3 rings (SSSR count). The van der Waals surface area contributed by atoms with Crippen molar-refractivity contribution >= 4 is 22.8 Å². The van der Waals surface area contributed by atoms with Gasteiger partial charge in [-0.3, -0.25) is 20.1 Å². The van der Waals surface area contributed by atoms with Gasteiger partial charge in [0.25, 0.3) is 5.91 Å². The number of rotatable bonds is 3. The molecule has 1 aliphatic heterocycles. The van der Waals surface area contributed by atoms with Crippen molar-refractivity contribution in [2.24, 2.45) is 5.73 Å². The molecule has 0 atom stereocenters. The molecule has 0 saturated carbocycles. The van der Waals surface area contributed by atoms with Crippen molar-refractivity contribution in [3.8, 4) is 0 Å². The van der Waals surface area contributed by atoms with Crippen molar-refractivity contribution in [1.82, 2.24) is 20.1 Å². The van der Waals surface area contributed by atoms with Crippen LogP contribution in [0.15, 0.2) is 24.3 Å². The number of fused-ring (bicyclic) bond motifs is 1. The fourth-order valence-electron chi connectivity index (χ4n) is 3.60. The zero-order valence-electron chi connectivity index (χ0n) is 17.2. The fourth-order valence-corrected chi connectivity index (χ4v) is 3.60. The normalized spacial score (nSPS) is 15.6. The van der Waals surface area contributed by atoms with Crippen LogP contribution in [-0.2, 0) is 6.54 Å². The first-order chi connectivity index (χ1) is 13.2. The Labute approximate surface area is 166 Å². The van der Waals surface area contributed by atoms with Crippen LogP contribution < -0.4 is 11.1 Å². The predicted molar refractivity (Wildman–Crippen MR) is 112 cm³/mol. The molecule has 1 fully saturated rings. The van der Waals surface area contributed by atoms with Gasteiger partial charge in [0, 0.05) is 54.9 Å². The summed E-state index contributed by atoms with van der Waals surface area (Å²) in [7, 11) is 0. The molecule has 1 aliphatic rings. The monoisotopic (exact) mass is 382 g/mol. The van der Waals surface area contributed by atoms with Crippen molar-refractivity contribution in [1.29, 1.82) is 5.41 Å². The molecule has 2 aromatic rings. The van der Waals surface area contributed by atoms with Crippen LogP contribution in [-0.4, -0.2) is 58.4 Å². The Morgan fingerprint density at radius 2 is 1.86 bits per heavy atom. The van der Waals surface area contributed by atoms with Crippen LogP contribution in [0.5, 0.6) is 0 Å². The highest BCUT2D eigenvalue weighted by Crippen LogP contribution is 2.26. The number of para-hydroxylation sites is 1. The minimum atomic E-state index is -0.320. The lowest BCUT2D eigenvalue weighted by Gasteiger charge is -2.35. The molecule has 0 spiro atoms. The maximum absolute atomic E-state index is 13.2. The number of guanidine groups is 1. The van der Waals surface area contributed by atoms with Crippen molar-refractivity contribution in [3.05, 3.63) is 41.1 Å². The molecule has 0 bridgehead atoms. The summed E-state index contributed by atoms with van der Waals surface area (Å²) >= 11 is 0. The van der Waals surface area contributed by atoms with Crippen LogP contribution in [0.25, 0.3) is 10.9 Å². The molecule has 0 radical (unpaired) electrons. The summed E-state index contributed by atoms with van der Waals surface area (Å²) in [6.45, 7) is 11.6. The number of aromatic nitrogens is 1. The van der Waals surface area contributed by atoms with Gasteiger partial charge in [-0.25, -0.2) is 0 Å². The quantitative estimate of drug-likeness (QED) is 0.558. The van der Waals surface area contributed by atoms with Gasteiger partial charge in [-0.1, -0.05) is 18.2 Å². The van der Waals surface area contributed by atoms with E-state index in [1.54, 1.807) is 0 Å². The molecule has 150 valence electrons. The van der Waals surface area contributed by atoms with Gasteiger partial charge >= 0.3 is 0 Å². The molecule has 4 N–H and O–H groups in total. The number of carbonyl (C=O) groups excluding carboxylic acids is 1. The Balaban J connectivity index is 1.97. The first kappa shape index (κ1) is 20.1. The molecule has 0 aliphatic carbocycles. The van der Waals surface area contributed by atoms with Gasteiger partial charge in [-0.2, -0.15) is 0 Å². The number of nitrogens with one attached hydrogen (secondary N) is 2. The lowest BCUT2D eigenvalue weighted by molar-refractivity contribution is 0.0918. The van der Waals surface area contributed by atoms with Gasteiger partial charge in [0.15, 0.2) is 5.96 Å². The predicted octanol–water partition coefficient (Wildman–Crippen LogP) is 2.08. The Morgan fingerprint density at radius 3 is 2.46 bits per heavy atom. The van der Waals surface area contributed by atoms with Gasteiger partial charge in [-0.05, 0) is 33.8 Å². The van der Waals surface area contributed by atoms with E-state index in [4.69, 9.17) is 16.1 Å². The van der Waals surface area contributed by atoms with Crippen LogP contribution in [0, 0.1) is 12.3 Å². The van der Waals surface area contributed by atoms with E-state index in [-0.39, 0.29) is 17.4 Å². The Bertz CT molecular complexity index is 894. The smallest absolute Gasteiger partial charge is 0.252 e. The standard InChI is InChI=1S/C21H30N6O/c1-14-16(13-26-9-11-27(12-10-26)20(22)23)18(19(28)25-21(2,3)4)15-7-5-6-8-17(15)24-14/h5-8H,9-13H2,1-4H3,(H3,22,23)(H,25,28).